The molecular weight excluding hydrogens is 232 g/mol. The molecule has 2 unspecified atom stereocenters. The van der Waals surface area contributed by atoms with Crippen LogP contribution in [0.4, 0.5) is 0 Å². The topological polar surface area (TPSA) is 38.1 Å². The third kappa shape index (κ3) is 2.38. The fraction of sp³-hybridized carbons (Fsp3) is 0.769. The molecule has 0 saturated carbocycles. The molecule has 1 fully saturated rings. The number of aromatic nitrogens is 2. The summed E-state index contributed by atoms with van der Waals surface area (Å²) in [5.41, 5.74) is 1.22. The van der Waals surface area contributed by atoms with Gasteiger partial charge in [0.05, 0.1) is 0 Å². The van der Waals surface area contributed by atoms with E-state index in [-0.39, 0.29) is 6.23 Å². The van der Waals surface area contributed by atoms with Crippen LogP contribution in [0.15, 0.2) is 6.20 Å². The van der Waals surface area contributed by atoms with Gasteiger partial charge in [-0.05, 0) is 37.9 Å². The van der Waals surface area contributed by atoms with E-state index >= 15 is 0 Å². The first-order valence-corrected chi connectivity index (χ1v) is 7.74. The maximum Gasteiger partial charge on any atom is 0.132 e. The number of fused-ring (bicyclic) bond motifs is 1. The summed E-state index contributed by atoms with van der Waals surface area (Å²) in [6, 6.07) is 0. The van der Waals surface area contributed by atoms with Gasteiger partial charge in [0.25, 0.3) is 0 Å². The van der Waals surface area contributed by atoms with Crippen LogP contribution < -0.4 is 0 Å². The van der Waals surface area contributed by atoms with Gasteiger partial charge in [-0.25, -0.2) is 4.98 Å². The molecule has 0 spiro atoms. The van der Waals surface area contributed by atoms with Gasteiger partial charge in [-0.3, -0.25) is 0 Å². The molecule has 2 aliphatic rings. The highest BCUT2D eigenvalue weighted by Crippen LogP contribution is 2.30. The highest BCUT2D eigenvalue weighted by Gasteiger charge is 2.23. The molecule has 0 radical (unpaired) electrons. The first-order valence-electron chi connectivity index (χ1n) is 6.69. The molecule has 2 atom stereocenters. The van der Waals surface area contributed by atoms with Gasteiger partial charge in [-0.1, -0.05) is 6.42 Å². The Bertz CT molecular complexity index is 385. The van der Waals surface area contributed by atoms with Gasteiger partial charge in [0.1, 0.15) is 12.1 Å². The van der Waals surface area contributed by atoms with E-state index in [0.29, 0.717) is 5.25 Å². The smallest absolute Gasteiger partial charge is 0.132 e. The van der Waals surface area contributed by atoms with Gasteiger partial charge in [-0.15, -0.1) is 0 Å². The van der Waals surface area contributed by atoms with Crippen LogP contribution >= 0.6 is 11.8 Å². The van der Waals surface area contributed by atoms with Crippen molar-refractivity contribution in [3.63, 3.8) is 0 Å². The van der Waals surface area contributed by atoms with Crippen molar-refractivity contribution in [2.75, 3.05) is 5.75 Å². The van der Waals surface area contributed by atoms with Crippen molar-refractivity contribution >= 4 is 11.8 Å². The Balaban J connectivity index is 1.76. The third-order valence-corrected chi connectivity index (χ3v) is 5.23. The fourth-order valence-electron chi connectivity index (χ4n) is 2.91. The van der Waals surface area contributed by atoms with E-state index < -0.39 is 0 Å². The van der Waals surface area contributed by atoms with E-state index in [1.165, 1.54) is 30.7 Å². The molecular formula is C13H20N2OS. The highest BCUT2D eigenvalue weighted by molar-refractivity contribution is 7.99. The van der Waals surface area contributed by atoms with Gasteiger partial charge in [0.2, 0.25) is 0 Å². The maximum atomic E-state index is 10.1. The lowest BCUT2D eigenvalue weighted by Crippen LogP contribution is -2.22. The Morgan fingerprint density at radius 2 is 2.29 bits per heavy atom. The molecule has 0 aliphatic carbocycles. The van der Waals surface area contributed by atoms with Crippen LogP contribution in [-0.4, -0.2) is 25.7 Å². The minimum absolute atomic E-state index is 0.329. The quantitative estimate of drug-likeness (QED) is 0.879. The van der Waals surface area contributed by atoms with E-state index in [4.69, 9.17) is 0 Å². The van der Waals surface area contributed by atoms with E-state index in [1.54, 1.807) is 0 Å². The number of hydrogen-bond acceptors (Lipinski definition) is 3. The molecule has 1 N–H and O–H groups in total. The van der Waals surface area contributed by atoms with Gasteiger partial charge in [-0.2, -0.15) is 11.8 Å². The second kappa shape index (κ2) is 5.02. The molecule has 2 aliphatic heterocycles. The number of aryl methyl sites for hydroxylation is 1. The minimum atomic E-state index is -0.329. The largest absolute Gasteiger partial charge is 0.373 e. The average molecular weight is 252 g/mol. The summed E-state index contributed by atoms with van der Waals surface area (Å²) in [6.45, 7) is 0. The summed E-state index contributed by atoms with van der Waals surface area (Å²) in [5.74, 6) is 2.40. The molecule has 17 heavy (non-hydrogen) atoms. The van der Waals surface area contributed by atoms with E-state index in [9.17, 15) is 5.11 Å². The number of thioether (sulfide) groups is 1. The van der Waals surface area contributed by atoms with Crippen molar-refractivity contribution in [1.29, 1.82) is 0 Å². The van der Waals surface area contributed by atoms with Crippen LogP contribution in [0.3, 0.4) is 0 Å². The Hall–Kier alpha value is -0.480. The number of imidazole rings is 1. The molecule has 0 aromatic carbocycles. The molecule has 0 amide bonds. The Kier molecular flexibility index (Phi) is 3.43. The number of hydrogen-bond donors (Lipinski definition) is 1. The SMILES string of the molecule is OC1CCCc2cnc(CC3CCCCS3)n21. The zero-order valence-corrected chi connectivity index (χ0v) is 11.0. The van der Waals surface area contributed by atoms with Crippen LogP contribution in [-0.2, 0) is 12.8 Å². The van der Waals surface area contributed by atoms with Crippen molar-refractivity contribution in [2.24, 2.45) is 0 Å². The van der Waals surface area contributed by atoms with Crippen molar-refractivity contribution in [1.82, 2.24) is 9.55 Å². The van der Waals surface area contributed by atoms with E-state index in [2.05, 4.69) is 21.3 Å². The first kappa shape index (κ1) is 11.6. The van der Waals surface area contributed by atoms with Crippen LogP contribution in [0.1, 0.15) is 49.9 Å². The van der Waals surface area contributed by atoms with Gasteiger partial charge >= 0.3 is 0 Å². The summed E-state index contributed by atoms with van der Waals surface area (Å²) in [7, 11) is 0. The lowest BCUT2D eigenvalue weighted by molar-refractivity contribution is 0.0758. The number of aliphatic hydroxyl groups excluding tert-OH is 1. The lowest BCUT2D eigenvalue weighted by Gasteiger charge is -2.25. The normalized spacial score (nSPS) is 29.0. The maximum absolute atomic E-state index is 10.1. The molecule has 3 heterocycles. The highest BCUT2D eigenvalue weighted by atomic mass is 32.2. The summed E-state index contributed by atoms with van der Waals surface area (Å²) in [6.07, 6.45) is 9.73. The molecule has 1 aromatic heterocycles. The second-order valence-corrected chi connectivity index (χ2v) is 6.51. The van der Waals surface area contributed by atoms with Crippen LogP contribution in [0.2, 0.25) is 0 Å². The molecule has 3 rings (SSSR count). The average Bonchev–Trinajstić information content (AvgIpc) is 2.75. The van der Waals surface area contributed by atoms with Crippen LogP contribution in [0, 0.1) is 0 Å². The van der Waals surface area contributed by atoms with Gasteiger partial charge < -0.3 is 9.67 Å². The van der Waals surface area contributed by atoms with E-state index in [1.807, 2.05) is 6.20 Å². The summed E-state index contributed by atoms with van der Waals surface area (Å²) in [5, 5.41) is 10.8. The van der Waals surface area contributed by atoms with Crippen LogP contribution in [0.5, 0.6) is 0 Å². The van der Waals surface area contributed by atoms with Crippen molar-refractivity contribution < 1.29 is 5.11 Å². The molecule has 94 valence electrons. The number of aliphatic hydroxyl groups is 1. The Labute approximate surface area is 107 Å². The van der Waals surface area contributed by atoms with E-state index in [0.717, 1.165) is 31.5 Å². The minimum Gasteiger partial charge on any atom is -0.373 e. The molecule has 4 heteroatoms. The van der Waals surface area contributed by atoms with Crippen molar-refractivity contribution in [3.8, 4) is 0 Å². The predicted molar refractivity (Wildman–Crippen MR) is 70.2 cm³/mol. The molecule has 3 nitrogen and oxygen atoms in total. The van der Waals surface area contributed by atoms with Crippen molar-refractivity contribution in [3.05, 3.63) is 17.7 Å². The number of nitrogens with zero attached hydrogens (tertiary/aromatic N) is 2. The molecule has 1 aromatic rings. The Morgan fingerprint density at radius 3 is 3.12 bits per heavy atom. The standard InChI is InChI=1S/C13H20N2OS/c16-13-6-3-4-10-9-14-12(15(10)13)8-11-5-1-2-7-17-11/h9,11,13,16H,1-8H2. The molecule has 0 bridgehead atoms. The summed E-state index contributed by atoms with van der Waals surface area (Å²) >= 11 is 2.08. The number of rotatable bonds is 2. The predicted octanol–water partition coefficient (Wildman–Crippen LogP) is 2.54. The second-order valence-electron chi connectivity index (χ2n) is 5.10. The lowest BCUT2D eigenvalue weighted by atomic mass is 10.1. The summed E-state index contributed by atoms with van der Waals surface area (Å²) in [4.78, 5) is 4.53. The summed E-state index contributed by atoms with van der Waals surface area (Å²) < 4.78 is 2.08. The van der Waals surface area contributed by atoms with Crippen LogP contribution in [0.25, 0.3) is 0 Å². The Morgan fingerprint density at radius 1 is 1.35 bits per heavy atom. The first-order chi connectivity index (χ1) is 8.34. The zero-order chi connectivity index (χ0) is 11.7. The monoisotopic (exact) mass is 252 g/mol. The molecule has 1 saturated heterocycles. The van der Waals surface area contributed by atoms with Gasteiger partial charge in [0, 0.05) is 23.6 Å². The fourth-order valence-corrected chi connectivity index (χ4v) is 4.21. The van der Waals surface area contributed by atoms with Crippen molar-refractivity contribution in [2.45, 2.75) is 56.4 Å². The zero-order valence-electron chi connectivity index (χ0n) is 10.1. The third-order valence-electron chi connectivity index (χ3n) is 3.83. The van der Waals surface area contributed by atoms with Gasteiger partial charge in [0.15, 0.2) is 0 Å².